The molecule has 0 unspecified atom stereocenters. The van der Waals surface area contributed by atoms with Crippen LogP contribution in [0.1, 0.15) is 11.1 Å². The lowest BCUT2D eigenvalue weighted by molar-refractivity contribution is -0.387. The molecule has 2 amide bonds. The highest BCUT2D eigenvalue weighted by molar-refractivity contribution is 8.18. The first-order valence-electron chi connectivity index (χ1n) is 11.8. The van der Waals surface area contributed by atoms with Crippen LogP contribution >= 0.6 is 11.8 Å². The number of para-hydroxylation sites is 1. The molecular weight excluding hydrogens is 556 g/mol. The highest BCUT2D eigenvalue weighted by Crippen LogP contribution is 2.37. The predicted octanol–water partition coefficient (Wildman–Crippen LogP) is 5.76. The van der Waals surface area contributed by atoms with Crippen molar-refractivity contribution in [3.05, 3.63) is 111 Å². The second-order valence-corrected chi connectivity index (χ2v) is 11.1. The molecule has 1 aliphatic heterocycles. The molecule has 0 aliphatic carbocycles. The molecule has 1 heterocycles. The van der Waals surface area contributed by atoms with Crippen LogP contribution in [-0.2, 0) is 21.5 Å². The third-order valence-electron chi connectivity index (χ3n) is 6.10. The molecule has 0 bridgehead atoms. The van der Waals surface area contributed by atoms with Gasteiger partial charge >= 0.3 is 10.1 Å². The van der Waals surface area contributed by atoms with E-state index < -0.39 is 36.8 Å². The lowest BCUT2D eigenvalue weighted by atomic mass is 10.0. The van der Waals surface area contributed by atoms with E-state index in [1.807, 2.05) is 42.5 Å². The summed E-state index contributed by atoms with van der Waals surface area (Å²) in [5.74, 6) is -0.658. The molecule has 4 aromatic carbocycles. The topological polar surface area (TPSA) is 133 Å². The number of methoxy groups -OCH3 is 1. The molecule has 40 heavy (non-hydrogen) atoms. The standard InChI is InChI=1S/C28H20N2O8S2/c1-37-24-15-18(13-14-23(24)38-40(35,36)26-12-5-4-11-22(26)30(33)34)16-25-27(31)29(28(32)39-25)17-20-9-6-8-19-7-2-3-10-21(19)20/h2-16H,17H2,1H3/b25-16-. The Bertz CT molecular complexity index is 1810. The molecule has 202 valence electrons. The van der Waals surface area contributed by atoms with Crippen LogP contribution in [0.25, 0.3) is 16.8 Å². The normalized spacial score (nSPS) is 14.6. The van der Waals surface area contributed by atoms with Gasteiger partial charge in [0.05, 0.1) is 23.5 Å². The minimum Gasteiger partial charge on any atom is -0.493 e. The summed E-state index contributed by atoms with van der Waals surface area (Å²) >= 11 is 0.797. The summed E-state index contributed by atoms with van der Waals surface area (Å²) in [5, 5.41) is 12.8. The second-order valence-electron chi connectivity index (χ2n) is 8.58. The molecule has 1 saturated heterocycles. The Hall–Kier alpha value is -4.68. The van der Waals surface area contributed by atoms with Crippen molar-refractivity contribution < 1.29 is 31.9 Å². The number of carbonyl (C=O) groups excluding carboxylic acids is 2. The lowest BCUT2D eigenvalue weighted by Crippen LogP contribution is -2.27. The Kier molecular flexibility index (Phi) is 7.28. The van der Waals surface area contributed by atoms with Crippen LogP contribution in [0.3, 0.4) is 0 Å². The smallest absolute Gasteiger partial charge is 0.346 e. The summed E-state index contributed by atoms with van der Waals surface area (Å²) in [4.78, 5) is 37.1. The zero-order valence-corrected chi connectivity index (χ0v) is 22.5. The van der Waals surface area contributed by atoms with Gasteiger partial charge in [-0.05, 0) is 57.9 Å². The van der Waals surface area contributed by atoms with Crippen LogP contribution in [0.2, 0.25) is 0 Å². The van der Waals surface area contributed by atoms with E-state index in [-0.39, 0.29) is 22.9 Å². The monoisotopic (exact) mass is 576 g/mol. The number of amides is 2. The number of hydrogen-bond donors (Lipinski definition) is 0. The van der Waals surface area contributed by atoms with Crippen molar-refractivity contribution >= 4 is 55.6 Å². The van der Waals surface area contributed by atoms with E-state index in [1.165, 1.54) is 48.4 Å². The molecule has 10 nitrogen and oxygen atoms in total. The molecule has 1 aliphatic rings. The number of nitro benzene ring substituents is 1. The predicted molar refractivity (Wildman–Crippen MR) is 149 cm³/mol. The minimum absolute atomic E-state index is 0.00546. The molecule has 0 saturated carbocycles. The first-order chi connectivity index (χ1) is 19.2. The fourth-order valence-corrected chi connectivity index (χ4v) is 6.16. The quantitative estimate of drug-likeness (QED) is 0.111. The number of nitrogens with zero attached hydrogens (tertiary/aromatic N) is 2. The van der Waals surface area contributed by atoms with Crippen LogP contribution in [0.4, 0.5) is 10.5 Å². The Labute approximate surface area is 233 Å². The summed E-state index contributed by atoms with van der Waals surface area (Å²) in [6.07, 6.45) is 1.50. The number of hydrogen-bond acceptors (Lipinski definition) is 9. The third kappa shape index (κ3) is 5.26. The number of fused-ring (bicyclic) bond motifs is 1. The first-order valence-corrected chi connectivity index (χ1v) is 14.0. The molecule has 0 N–H and O–H groups in total. The number of ether oxygens (including phenoxy) is 1. The summed E-state index contributed by atoms with van der Waals surface area (Å²) in [7, 11) is -3.28. The average Bonchev–Trinajstić information content (AvgIpc) is 3.21. The second kappa shape index (κ2) is 10.8. The van der Waals surface area contributed by atoms with E-state index in [9.17, 15) is 28.1 Å². The highest BCUT2D eigenvalue weighted by Gasteiger charge is 2.35. The van der Waals surface area contributed by atoms with Gasteiger partial charge in [-0.15, -0.1) is 0 Å². The zero-order valence-electron chi connectivity index (χ0n) is 20.8. The largest absolute Gasteiger partial charge is 0.493 e. The number of imide groups is 1. The Morgan fingerprint density at radius 3 is 2.45 bits per heavy atom. The van der Waals surface area contributed by atoms with E-state index in [0.717, 1.165) is 40.2 Å². The molecule has 0 aromatic heterocycles. The van der Waals surface area contributed by atoms with Gasteiger partial charge in [0.2, 0.25) is 0 Å². The lowest BCUT2D eigenvalue weighted by Gasteiger charge is -2.14. The fraction of sp³-hybridized carbons (Fsp3) is 0.0714. The molecule has 0 radical (unpaired) electrons. The third-order valence-corrected chi connectivity index (χ3v) is 8.29. The van der Waals surface area contributed by atoms with E-state index in [2.05, 4.69) is 0 Å². The van der Waals surface area contributed by atoms with Crippen molar-refractivity contribution in [3.8, 4) is 11.5 Å². The summed E-state index contributed by atoms with van der Waals surface area (Å²) in [6, 6.07) is 22.4. The summed E-state index contributed by atoms with van der Waals surface area (Å²) in [6.45, 7) is 0.114. The maximum atomic E-state index is 13.1. The van der Waals surface area contributed by atoms with E-state index in [0.29, 0.717) is 5.56 Å². The van der Waals surface area contributed by atoms with Gasteiger partial charge < -0.3 is 8.92 Å². The van der Waals surface area contributed by atoms with Gasteiger partial charge in [0.1, 0.15) is 0 Å². The van der Waals surface area contributed by atoms with Gasteiger partial charge in [0.25, 0.3) is 16.8 Å². The molecule has 1 fully saturated rings. The van der Waals surface area contributed by atoms with Gasteiger partial charge in [-0.25, -0.2) is 0 Å². The Balaban J connectivity index is 1.39. The van der Waals surface area contributed by atoms with Crippen molar-refractivity contribution in [3.63, 3.8) is 0 Å². The number of carbonyl (C=O) groups is 2. The number of thioether (sulfide) groups is 1. The molecule has 0 atom stereocenters. The molecule has 5 rings (SSSR count). The van der Waals surface area contributed by atoms with Gasteiger partial charge in [-0.2, -0.15) is 8.42 Å². The van der Waals surface area contributed by atoms with E-state index in [4.69, 9.17) is 8.92 Å². The van der Waals surface area contributed by atoms with Crippen LogP contribution in [-0.4, -0.2) is 36.5 Å². The van der Waals surface area contributed by atoms with E-state index >= 15 is 0 Å². The first kappa shape index (κ1) is 26.9. The summed E-state index contributed by atoms with van der Waals surface area (Å²) in [5.41, 5.74) is 0.657. The number of rotatable bonds is 8. The van der Waals surface area contributed by atoms with Crippen molar-refractivity contribution in [2.24, 2.45) is 0 Å². The van der Waals surface area contributed by atoms with Crippen molar-refractivity contribution in [2.45, 2.75) is 11.4 Å². The van der Waals surface area contributed by atoms with Crippen molar-refractivity contribution in [1.29, 1.82) is 0 Å². The van der Waals surface area contributed by atoms with Gasteiger partial charge in [-0.3, -0.25) is 24.6 Å². The highest BCUT2D eigenvalue weighted by atomic mass is 32.2. The van der Waals surface area contributed by atoms with Gasteiger partial charge in [0.15, 0.2) is 16.4 Å². The van der Waals surface area contributed by atoms with Crippen LogP contribution < -0.4 is 8.92 Å². The Morgan fingerprint density at radius 1 is 0.950 bits per heavy atom. The molecule has 12 heteroatoms. The van der Waals surface area contributed by atoms with Crippen molar-refractivity contribution in [1.82, 2.24) is 4.90 Å². The zero-order chi connectivity index (χ0) is 28.4. The summed E-state index contributed by atoms with van der Waals surface area (Å²) < 4.78 is 36.1. The van der Waals surface area contributed by atoms with Crippen LogP contribution in [0.5, 0.6) is 11.5 Å². The van der Waals surface area contributed by atoms with Crippen LogP contribution in [0.15, 0.2) is 94.7 Å². The van der Waals surface area contributed by atoms with Crippen LogP contribution in [0, 0.1) is 10.1 Å². The fourth-order valence-electron chi connectivity index (χ4n) is 4.21. The average molecular weight is 577 g/mol. The van der Waals surface area contributed by atoms with Gasteiger partial charge in [-0.1, -0.05) is 60.7 Å². The number of benzene rings is 4. The Morgan fingerprint density at radius 2 is 1.68 bits per heavy atom. The SMILES string of the molecule is COc1cc(/C=C2\SC(=O)N(Cc3cccc4ccccc34)C2=O)ccc1OS(=O)(=O)c1ccccc1[N+](=O)[O-]. The number of nitro groups is 1. The minimum atomic E-state index is -4.57. The van der Waals surface area contributed by atoms with Crippen molar-refractivity contribution in [2.75, 3.05) is 7.11 Å². The maximum Gasteiger partial charge on any atom is 0.346 e. The molecule has 0 spiro atoms. The molecule has 4 aromatic rings. The molecular formula is C28H20N2O8S2. The maximum absolute atomic E-state index is 13.1. The van der Waals surface area contributed by atoms with Gasteiger partial charge in [0, 0.05) is 6.07 Å². The van der Waals surface area contributed by atoms with E-state index in [1.54, 1.807) is 0 Å².